The van der Waals surface area contributed by atoms with Gasteiger partial charge in [0.1, 0.15) is 0 Å². The van der Waals surface area contributed by atoms with Crippen molar-refractivity contribution in [2.24, 2.45) is 11.8 Å². The van der Waals surface area contributed by atoms with Crippen LogP contribution in [-0.2, 0) is 0 Å². The fraction of sp³-hybridized carbons (Fsp3) is 1.00. The van der Waals surface area contributed by atoms with Gasteiger partial charge in [-0.3, -0.25) is 0 Å². The molecule has 1 saturated carbocycles. The molecule has 0 aromatic carbocycles. The molecular weight excluding hydrogens is 160 g/mol. The number of likely N-dealkylation sites (N-methyl/N-ethyl adjacent to an activating group) is 1. The number of fused-ring (bicyclic) bond motifs is 1. The van der Waals surface area contributed by atoms with E-state index >= 15 is 0 Å². The lowest BCUT2D eigenvalue weighted by Gasteiger charge is -2.16. The van der Waals surface area contributed by atoms with E-state index in [2.05, 4.69) is 17.1 Å². The molecule has 0 amide bonds. The van der Waals surface area contributed by atoms with Crippen molar-refractivity contribution in [1.29, 1.82) is 0 Å². The van der Waals surface area contributed by atoms with E-state index in [1.54, 1.807) is 0 Å². The summed E-state index contributed by atoms with van der Waals surface area (Å²) >= 11 is 0. The molecule has 0 aromatic heterocycles. The smallest absolute Gasteiger partial charge is 0.0107 e. The highest BCUT2D eigenvalue weighted by Gasteiger charge is 2.35. The SMILES string of the molecule is CCNCCN1CC2CCCC2C1. The molecule has 1 N–H and O–H groups in total. The Morgan fingerprint density at radius 3 is 2.54 bits per heavy atom. The van der Waals surface area contributed by atoms with Crippen LogP contribution in [0.5, 0.6) is 0 Å². The molecule has 0 bridgehead atoms. The van der Waals surface area contributed by atoms with Gasteiger partial charge in [-0.05, 0) is 31.2 Å². The Hall–Kier alpha value is -0.0800. The number of hydrogen-bond donors (Lipinski definition) is 1. The first-order valence-electron chi connectivity index (χ1n) is 5.83. The average molecular weight is 182 g/mol. The molecule has 2 rings (SSSR count). The summed E-state index contributed by atoms with van der Waals surface area (Å²) in [4.78, 5) is 2.65. The van der Waals surface area contributed by atoms with Gasteiger partial charge in [0, 0.05) is 26.2 Å². The van der Waals surface area contributed by atoms with Gasteiger partial charge < -0.3 is 10.2 Å². The van der Waals surface area contributed by atoms with Gasteiger partial charge in [-0.2, -0.15) is 0 Å². The molecule has 76 valence electrons. The van der Waals surface area contributed by atoms with E-state index < -0.39 is 0 Å². The van der Waals surface area contributed by atoms with Crippen LogP contribution in [0.4, 0.5) is 0 Å². The van der Waals surface area contributed by atoms with Crippen LogP contribution in [0.25, 0.3) is 0 Å². The molecule has 1 saturated heterocycles. The number of nitrogens with zero attached hydrogens (tertiary/aromatic N) is 1. The first-order valence-corrected chi connectivity index (χ1v) is 5.83. The van der Waals surface area contributed by atoms with E-state index in [1.165, 1.54) is 45.4 Å². The molecule has 2 unspecified atom stereocenters. The van der Waals surface area contributed by atoms with Gasteiger partial charge in [-0.1, -0.05) is 13.3 Å². The van der Waals surface area contributed by atoms with E-state index in [1.807, 2.05) is 0 Å². The molecule has 2 atom stereocenters. The zero-order valence-corrected chi connectivity index (χ0v) is 8.76. The molecule has 2 fully saturated rings. The lowest BCUT2D eigenvalue weighted by atomic mass is 10.0. The average Bonchev–Trinajstić information content (AvgIpc) is 2.64. The summed E-state index contributed by atoms with van der Waals surface area (Å²) in [5.74, 6) is 2.11. The molecule has 2 heteroatoms. The summed E-state index contributed by atoms with van der Waals surface area (Å²) < 4.78 is 0. The molecule has 1 aliphatic carbocycles. The summed E-state index contributed by atoms with van der Waals surface area (Å²) in [6.07, 6.45) is 4.50. The summed E-state index contributed by atoms with van der Waals surface area (Å²) in [7, 11) is 0. The Kier molecular flexibility index (Phi) is 3.23. The molecule has 2 aliphatic rings. The third kappa shape index (κ3) is 2.23. The second-order valence-corrected chi connectivity index (χ2v) is 4.56. The first-order chi connectivity index (χ1) is 6.40. The number of likely N-dealkylation sites (tertiary alicyclic amines) is 1. The Morgan fingerprint density at radius 2 is 1.92 bits per heavy atom. The monoisotopic (exact) mass is 182 g/mol. The first kappa shape index (κ1) is 9.47. The Labute approximate surface area is 81.7 Å². The van der Waals surface area contributed by atoms with Gasteiger partial charge in [-0.15, -0.1) is 0 Å². The second kappa shape index (κ2) is 4.43. The lowest BCUT2D eigenvalue weighted by molar-refractivity contribution is 0.310. The molecule has 0 aromatic rings. The molecule has 2 nitrogen and oxygen atoms in total. The minimum atomic E-state index is 1.06. The third-order valence-corrected chi connectivity index (χ3v) is 3.66. The minimum absolute atomic E-state index is 1.06. The molecule has 1 aliphatic heterocycles. The van der Waals surface area contributed by atoms with E-state index in [9.17, 15) is 0 Å². The zero-order valence-electron chi connectivity index (χ0n) is 8.76. The van der Waals surface area contributed by atoms with E-state index in [0.29, 0.717) is 0 Å². The fourth-order valence-electron chi connectivity index (χ4n) is 2.93. The van der Waals surface area contributed by atoms with Crippen molar-refractivity contribution in [3.8, 4) is 0 Å². The topological polar surface area (TPSA) is 15.3 Å². The fourth-order valence-corrected chi connectivity index (χ4v) is 2.93. The van der Waals surface area contributed by atoms with Crippen molar-refractivity contribution in [2.75, 3.05) is 32.7 Å². The van der Waals surface area contributed by atoms with E-state index in [-0.39, 0.29) is 0 Å². The second-order valence-electron chi connectivity index (χ2n) is 4.56. The summed E-state index contributed by atoms with van der Waals surface area (Å²) in [5.41, 5.74) is 0. The Morgan fingerprint density at radius 1 is 1.23 bits per heavy atom. The van der Waals surface area contributed by atoms with Crippen molar-refractivity contribution in [2.45, 2.75) is 26.2 Å². The van der Waals surface area contributed by atoms with Crippen LogP contribution in [-0.4, -0.2) is 37.6 Å². The minimum Gasteiger partial charge on any atom is -0.316 e. The van der Waals surface area contributed by atoms with Crippen LogP contribution < -0.4 is 5.32 Å². The van der Waals surface area contributed by atoms with Crippen LogP contribution >= 0.6 is 0 Å². The molecule has 1 heterocycles. The third-order valence-electron chi connectivity index (χ3n) is 3.66. The van der Waals surface area contributed by atoms with Gasteiger partial charge >= 0.3 is 0 Å². The Bertz CT molecular complexity index is 146. The molecule has 13 heavy (non-hydrogen) atoms. The highest BCUT2D eigenvalue weighted by atomic mass is 15.2. The van der Waals surface area contributed by atoms with Gasteiger partial charge in [0.15, 0.2) is 0 Å². The van der Waals surface area contributed by atoms with Crippen LogP contribution in [0.2, 0.25) is 0 Å². The lowest BCUT2D eigenvalue weighted by Crippen LogP contribution is -2.31. The zero-order chi connectivity index (χ0) is 9.10. The van der Waals surface area contributed by atoms with Crippen LogP contribution in [0.1, 0.15) is 26.2 Å². The van der Waals surface area contributed by atoms with Gasteiger partial charge in [0.2, 0.25) is 0 Å². The molecule has 0 spiro atoms. The van der Waals surface area contributed by atoms with Crippen LogP contribution in [0.3, 0.4) is 0 Å². The molecular formula is C11H22N2. The highest BCUT2D eigenvalue weighted by molar-refractivity contribution is 4.88. The maximum absolute atomic E-state index is 3.40. The summed E-state index contributed by atoms with van der Waals surface area (Å²) in [5, 5.41) is 3.40. The number of hydrogen-bond acceptors (Lipinski definition) is 2. The van der Waals surface area contributed by atoms with E-state index in [4.69, 9.17) is 0 Å². The maximum Gasteiger partial charge on any atom is 0.0107 e. The van der Waals surface area contributed by atoms with Gasteiger partial charge in [0.25, 0.3) is 0 Å². The quantitative estimate of drug-likeness (QED) is 0.660. The summed E-state index contributed by atoms with van der Waals surface area (Å²) in [6.45, 7) is 8.50. The molecule has 0 radical (unpaired) electrons. The highest BCUT2D eigenvalue weighted by Crippen LogP contribution is 2.37. The number of nitrogens with one attached hydrogen (secondary N) is 1. The van der Waals surface area contributed by atoms with E-state index in [0.717, 1.165) is 18.4 Å². The van der Waals surface area contributed by atoms with Crippen molar-refractivity contribution in [3.63, 3.8) is 0 Å². The Balaban J connectivity index is 1.67. The predicted octanol–water partition coefficient (Wildman–Crippen LogP) is 1.33. The normalized spacial score (nSPS) is 33.9. The van der Waals surface area contributed by atoms with Crippen molar-refractivity contribution in [1.82, 2.24) is 10.2 Å². The van der Waals surface area contributed by atoms with Gasteiger partial charge in [-0.25, -0.2) is 0 Å². The van der Waals surface area contributed by atoms with Crippen molar-refractivity contribution >= 4 is 0 Å². The number of rotatable bonds is 4. The van der Waals surface area contributed by atoms with Crippen molar-refractivity contribution in [3.05, 3.63) is 0 Å². The maximum atomic E-state index is 3.40. The van der Waals surface area contributed by atoms with Crippen LogP contribution in [0, 0.1) is 11.8 Å². The predicted molar refractivity (Wildman–Crippen MR) is 55.8 cm³/mol. The summed E-state index contributed by atoms with van der Waals surface area (Å²) in [6, 6.07) is 0. The van der Waals surface area contributed by atoms with Gasteiger partial charge in [0.05, 0.1) is 0 Å². The van der Waals surface area contributed by atoms with Crippen LogP contribution in [0.15, 0.2) is 0 Å². The largest absolute Gasteiger partial charge is 0.316 e. The standard InChI is InChI=1S/C11H22N2/c1-2-12-6-7-13-8-10-4-3-5-11(10)9-13/h10-12H,2-9H2,1H3. The van der Waals surface area contributed by atoms with Crippen molar-refractivity contribution < 1.29 is 0 Å².